The normalized spacial score (nSPS) is 23.9. The number of anilines is 1. The van der Waals surface area contributed by atoms with Gasteiger partial charge in [-0.15, -0.1) is 0 Å². The quantitative estimate of drug-likeness (QED) is 0.819. The summed E-state index contributed by atoms with van der Waals surface area (Å²) in [5.74, 6) is 0.898. The van der Waals surface area contributed by atoms with Crippen molar-refractivity contribution in [3.05, 3.63) is 31.1 Å². The molecule has 1 saturated heterocycles. The van der Waals surface area contributed by atoms with Crippen LogP contribution in [0, 0.1) is 0 Å². The number of piperazine rings is 1. The highest BCUT2D eigenvalue weighted by Gasteiger charge is 2.25. The van der Waals surface area contributed by atoms with E-state index in [9.17, 15) is 4.79 Å². The van der Waals surface area contributed by atoms with Crippen molar-refractivity contribution in [3.63, 3.8) is 0 Å². The minimum absolute atomic E-state index is 0.128. The summed E-state index contributed by atoms with van der Waals surface area (Å²) in [6.07, 6.45) is 10.9. The highest BCUT2D eigenvalue weighted by atomic mass is 16.2. The molecule has 1 aliphatic carbocycles. The fourth-order valence-corrected chi connectivity index (χ4v) is 3.93. The van der Waals surface area contributed by atoms with E-state index in [1.165, 1.54) is 0 Å². The number of hydrogen-bond donors (Lipinski definition) is 1. The van der Waals surface area contributed by atoms with Gasteiger partial charge in [0, 0.05) is 44.6 Å². The van der Waals surface area contributed by atoms with Crippen molar-refractivity contribution < 1.29 is 4.79 Å². The third kappa shape index (κ3) is 4.60. The van der Waals surface area contributed by atoms with Gasteiger partial charge in [-0.05, 0) is 31.7 Å². The van der Waals surface area contributed by atoms with E-state index in [1.54, 1.807) is 25.0 Å². The number of hydrogen-bond acceptors (Lipinski definition) is 7. The molecule has 9 heteroatoms. The third-order valence-corrected chi connectivity index (χ3v) is 5.45. The highest BCUT2D eigenvalue weighted by molar-refractivity contribution is 5.78. The van der Waals surface area contributed by atoms with Gasteiger partial charge in [0.05, 0.1) is 12.6 Å². The molecule has 9 nitrogen and oxygen atoms in total. The molecule has 0 spiro atoms. The van der Waals surface area contributed by atoms with Crippen LogP contribution in [0.3, 0.4) is 0 Å². The van der Waals surface area contributed by atoms with Gasteiger partial charge in [-0.3, -0.25) is 9.69 Å². The first-order chi connectivity index (χ1) is 13.3. The van der Waals surface area contributed by atoms with Crippen LogP contribution in [-0.4, -0.2) is 74.3 Å². The summed E-state index contributed by atoms with van der Waals surface area (Å²) in [7, 11) is 0. The van der Waals surface area contributed by atoms with E-state index < -0.39 is 0 Å². The molecule has 0 bridgehead atoms. The molecule has 1 N–H and O–H groups in total. The highest BCUT2D eigenvalue weighted by Crippen LogP contribution is 2.27. The first kappa shape index (κ1) is 17.8. The second kappa shape index (κ2) is 8.43. The lowest BCUT2D eigenvalue weighted by molar-refractivity contribution is -0.123. The van der Waals surface area contributed by atoms with Crippen molar-refractivity contribution in [2.75, 3.05) is 37.6 Å². The molecule has 0 atom stereocenters. The Hall–Kier alpha value is -2.55. The molecular formula is C18H26N8O. The maximum Gasteiger partial charge on any atom is 0.234 e. The smallest absolute Gasteiger partial charge is 0.234 e. The Morgan fingerprint density at radius 1 is 1.07 bits per heavy atom. The number of rotatable bonds is 5. The first-order valence-corrected chi connectivity index (χ1v) is 9.66. The molecule has 1 saturated carbocycles. The number of aromatic nitrogens is 5. The summed E-state index contributed by atoms with van der Waals surface area (Å²) < 4.78 is 1.94. The van der Waals surface area contributed by atoms with Gasteiger partial charge in [-0.1, -0.05) is 0 Å². The van der Waals surface area contributed by atoms with Gasteiger partial charge in [0.25, 0.3) is 0 Å². The van der Waals surface area contributed by atoms with Crippen LogP contribution >= 0.6 is 0 Å². The molecule has 2 aliphatic rings. The predicted molar refractivity (Wildman–Crippen MR) is 100 cm³/mol. The van der Waals surface area contributed by atoms with E-state index in [1.807, 2.05) is 10.7 Å². The molecule has 2 aromatic rings. The zero-order chi connectivity index (χ0) is 18.5. The maximum atomic E-state index is 12.4. The number of carbonyl (C=O) groups is 1. The molecule has 144 valence electrons. The summed E-state index contributed by atoms with van der Waals surface area (Å²) in [5.41, 5.74) is 0. The molecule has 2 fully saturated rings. The summed E-state index contributed by atoms with van der Waals surface area (Å²) in [4.78, 5) is 29.4. The minimum atomic E-state index is 0.128. The van der Waals surface area contributed by atoms with E-state index in [0.29, 0.717) is 12.6 Å². The lowest BCUT2D eigenvalue weighted by Crippen LogP contribution is -2.51. The molecule has 3 heterocycles. The van der Waals surface area contributed by atoms with Crippen molar-refractivity contribution in [1.29, 1.82) is 0 Å². The van der Waals surface area contributed by atoms with Crippen molar-refractivity contribution in [2.24, 2.45) is 0 Å². The lowest BCUT2D eigenvalue weighted by Gasteiger charge is -2.35. The molecule has 1 aliphatic heterocycles. The Balaban J connectivity index is 1.17. The monoisotopic (exact) mass is 370 g/mol. The van der Waals surface area contributed by atoms with Crippen molar-refractivity contribution >= 4 is 11.9 Å². The van der Waals surface area contributed by atoms with Crippen molar-refractivity contribution in [2.45, 2.75) is 37.8 Å². The fraction of sp³-hybridized carbons (Fsp3) is 0.611. The summed E-state index contributed by atoms with van der Waals surface area (Å²) in [5, 5.41) is 7.44. The Labute approximate surface area is 158 Å². The standard InChI is InChI=1S/C18H26N8O/c27-17(23-15-2-4-16(5-3-15)26-14-19-13-22-26)12-24-8-10-25(11-9-24)18-20-6-1-7-21-18/h1,6-7,13-16H,2-5,8-12H2,(H,23,27). The molecule has 0 radical (unpaired) electrons. The Kier molecular flexibility index (Phi) is 5.57. The van der Waals surface area contributed by atoms with Crippen LogP contribution in [0.15, 0.2) is 31.1 Å². The predicted octanol–water partition coefficient (Wildman–Crippen LogP) is 0.490. The van der Waals surface area contributed by atoms with Gasteiger partial charge in [0.15, 0.2) is 0 Å². The molecule has 1 amide bonds. The van der Waals surface area contributed by atoms with Crippen molar-refractivity contribution in [3.8, 4) is 0 Å². The Morgan fingerprint density at radius 2 is 1.81 bits per heavy atom. The lowest BCUT2D eigenvalue weighted by atomic mass is 9.91. The summed E-state index contributed by atoms with van der Waals surface area (Å²) in [6, 6.07) is 2.51. The number of amides is 1. The van der Waals surface area contributed by atoms with Gasteiger partial charge in [0.2, 0.25) is 11.9 Å². The van der Waals surface area contributed by atoms with E-state index in [-0.39, 0.29) is 11.9 Å². The molecule has 27 heavy (non-hydrogen) atoms. The maximum absolute atomic E-state index is 12.4. The molecule has 4 rings (SSSR count). The number of nitrogens with one attached hydrogen (secondary N) is 1. The largest absolute Gasteiger partial charge is 0.352 e. The second-order valence-electron chi connectivity index (χ2n) is 7.26. The van der Waals surface area contributed by atoms with Crippen LogP contribution < -0.4 is 10.2 Å². The van der Waals surface area contributed by atoms with Crippen LogP contribution in [0.4, 0.5) is 5.95 Å². The molecule has 2 aromatic heterocycles. The Bertz CT molecular complexity index is 706. The molecule has 0 unspecified atom stereocenters. The van der Waals surface area contributed by atoms with Gasteiger partial charge < -0.3 is 10.2 Å². The minimum Gasteiger partial charge on any atom is -0.352 e. The van der Waals surface area contributed by atoms with Gasteiger partial charge in [-0.25, -0.2) is 19.6 Å². The summed E-state index contributed by atoms with van der Waals surface area (Å²) in [6.45, 7) is 3.86. The average Bonchev–Trinajstić information content (AvgIpc) is 3.25. The average molecular weight is 370 g/mol. The summed E-state index contributed by atoms with van der Waals surface area (Å²) >= 11 is 0. The zero-order valence-electron chi connectivity index (χ0n) is 15.4. The van der Waals surface area contributed by atoms with Crippen LogP contribution in [0.25, 0.3) is 0 Å². The topological polar surface area (TPSA) is 92.1 Å². The van der Waals surface area contributed by atoms with Crippen LogP contribution in [-0.2, 0) is 4.79 Å². The van der Waals surface area contributed by atoms with E-state index in [4.69, 9.17) is 0 Å². The van der Waals surface area contributed by atoms with Crippen LogP contribution in [0.5, 0.6) is 0 Å². The number of nitrogens with zero attached hydrogens (tertiary/aromatic N) is 7. The van der Waals surface area contributed by atoms with Crippen molar-refractivity contribution in [1.82, 2.24) is 34.9 Å². The van der Waals surface area contributed by atoms with Gasteiger partial charge >= 0.3 is 0 Å². The number of carbonyl (C=O) groups excluding carboxylic acids is 1. The second-order valence-corrected chi connectivity index (χ2v) is 7.26. The van der Waals surface area contributed by atoms with E-state index >= 15 is 0 Å². The van der Waals surface area contributed by atoms with Gasteiger partial charge in [-0.2, -0.15) is 5.10 Å². The van der Waals surface area contributed by atoms with E-state index in [2.05, 4.69) is 35.2 Å². The zero-order valence-corrected chi connectivity index (χ0v) is 15.4. The van der Waals surface area contributed by atoms with Crippen LogP contribution in [0.2, 0.25) is 0 Å². The SMILES string of the molecule is O=C(CN1CCN(c2ncccn2)CC1)NC1CCC(n2cncn2)CC1. The van der Waals surface area contributed by atoms with Crippen LogP contribution in [0.1, 0.15) is 31.7 Å². The van der Waals surface area contributed by atoms with Gasteiger partial charge in [0.1, 0.15) is 12.7 Å². The Morgan fingerprint density at radius 3 is 2.48 bits per heavy atom. The fourth-order valence-electron chi connectivity index (χ4n) is 3.93. The molecule has 0 aromatic carbocycles. The third-order valence-electron chi connectivity index (χ3n) is 5.45. The molecular weight excluding hydrogens is 344 g/mol. The van der Waals surface area contributed by atoms with E-state index in [0.717, 1.165) is 57.8 Å². The first-order valence-electron chi connectivity index (χ1n) is 9.66.